The molecule has 2 aromatic carbocycles. The summed E-state index contributed by atoms with van der Waals surface area (Å²) in [6.07, 6.45) is 2.26. The number of benzene rings is 2. The number of hydrogen-bond donors (Lipinski definition) is 1. The molecule has 0 aliphatic carbocycles. The Hall–Kier alpha value is -2.57. The second-order valence-electron chi connectivity index (χ2n) is 7.71. The van der Waals surface area contributed by atoms with E-state index in [9.17, 15) is 4.79 Å². The minimum atomic E-state index is 0.0496. The highest BCUT2D eigenvalue weighted by Gasteiger charge is 2.22. The Morgan fingerprint density at radius 1 is 1.10 bits per heavy atom. The minimum absolute atomic E-state index is 0.0496. The Morgan fingerprint density at radius 2 is 1.97 bits per heavy atom. The molecule has 1 N–H and O–H groups in total. The van der Waals surface area contributed by atoms with Crippen molar-refractivity contribution in [2.24, 2.45) is 5.92 Å². The summed E-state index contributed by atoms with van der Waals surface area (Å²) in [5, 5.41) is 3.01. The highest BCUT2D eigenvalue weighted by Crippen LogP contribution is 2.32. The molecule has 2 aromatic rings. The van der Waals surface area contributed by atoms with Gasteiger partial charge in [0, 0.05) is 13.1 Å². The average Bonchev–Trinajstić information content (AvgIpc) is 3.21. The molecule has 1 saturated heterocycles. The number of nitrogens with zero attached hydrogens (tertiary/aromatic N) is 1. The lowest BCUT2D eigenvalue weighted by Gasteiger charge is -2.32. The molecule has 154 valence electrons. The largest absolute Gasteiger partial charge is 0.454 e. The fourth-order valence-corrected chi connectivity index (χ4v) is 3.86. The number of carbonyl (C=O) groups is 1. The van der Waals surface area contributed by atoms with Gasteiger partial charge in [-0.3, -0.25) is 9.69 Å². The molecule has 0 bridgehead atoms. The lowest BCUT2D eigenvalue weighted by molar-refractivity contribution is -0.123. The zero-order valence-electron chi connectivity index (χ0n) is 16.6. The van der Waals surface area contributed by atoms with Gasteiger partial charge >= 0.3 is 0 Å². The summed E-state index contributed by atoms with van der Waals surface area (Å²) in [6.45, 7) is 4.44. The van der Waals surface area contributed by atoms with Gasteiger partial charge in [0.25, 0.3) is 0 Å². The molecule has 6 nitrogen and oxygen atoms in total. The molecule has 1 amide bonds. The molecule has 0 radical (unpaired) electrons. The number of rotatable bonds is 8. The SMILES string of the molecule is O=C(CN1CCCC(COCc2ccccc2)C1)NCc1ccc2c(c1)OCO2. The van der Waals surface area contributed by atoms with Crippen LogP contribution in [-0.2, 0) is 22.7 Å². The number of ether oxygens (including phenoxy) is 3. The fourth-order valence-electron chi connectivity index (χ4n) is 3.86. The first-order valence-corrected chi connectivity index (χ1v) is 10.3. The van der Waals surface area contributed by atoms with Crippen molar-refractivity contribution >= 4 is 5.91 Å². The Morgan fingerprint density at radius 3 is 2.86 bits per heavy atom. The second kappa shape index (κ2) is 9.76. The molecule has 29 heavy (non-hydrogen) atoms. The van der Waals surface area contributed by atoms with Crippen LogP contribution < -0.4 is 14.8 Å². The summed E-state index contributed by atoms with van der Waals surface area (Å²) < 4.78 is 16.6. The van der Waals surface area contributed by atoms with Crippen molar-refractivity contribution in [3.8, 4) is 11.5 Å². The first-order chi connectivity index (χ1) is 14.3. The third kappa shape index (κ3) is 5.71. The Balaban J connectivity index is 1.17. The molecule has 0 spiro atoms. The summed E-state index contributed by atoms with van der Waals surface area (Å²) >= 11 is 0. The summed E-state index contributed by atoms with van der Waals surface area (Å²) in [5.41, 5.74) is 2.21. The van der Waals surface area contributed by atoms with Gasteiger partial charge in [0.1, 0.15) is 0 Å². The van der Waals surface area contributed by atoms with E-state index in [0.717, 1.165) is 49.6 Å². The fraction of sp³-hybridized carbons (Fsp3) is 0.435. The third-order valence-corrected chi connectivity index (χ3v) is 5.36. The summed E-state index contributed by atoms with van der Waals surface area (Å²) in [6, 6.07) is 16.0. The van der Waals surface area contributed by atoms with Gasteiger partial charge in [0.05, 0.1) is 19.8 Å². The normalized spacial score (nSPS) is 18.6. The van der Waals surface area contributed by atoms with Crippen molar-refractivity contribution in [2.75, 3.05) is 33.0 Å². The van der Waals surface area contributed by atoms with Gasteiger partial charge in [-0.2, -0.15) is 0 Å². The lowest BCUT2D eigenvalue weighted by Crippen LogP contribution is -2.43. The molecule has 0 saturated carbocycles. The molecule has 4 rings (SSSR count). The van der Waals surface area contributed by atoms with Crippen molar-refractivity contribution in [2.45, 2.75) is 26.0 Å². The molecule has 2 aliphatic heterocycles. The van der Waals surface area contributed by atoms with Crippen molar-refractivity contribution in [1.82, 2.24) is 10.2 Å². The van der Waals surface area contributed by atoms with Gasteiger partial charge in [-0.05, 0) is 48.6 Å². The van der Waals surface area contributed by atoms with Crippen LogP contribution in [0.4, 0.5) is 0 Å². The number of fused-ring (bicyclic) bond motifs is 1. The zero-order valence-corrected chi connectivity index (χ0v) is 16.6. The number of nitrogens with one attached hydrogen (secondary N) is 1. The van der Waals surface area contributed by atoms with Gasteiger partial charge < -0.3 is 19.5 Å². The van der Waals surface area contributed by atoms with Crippen LogP contribution in [0.2, 0.25) is 0 Å². The van der Waals surface area contributed by atoms with E-state index in [1.165, 1.54) is 5.56 Å². The number of hydrogen-bond acceptors (Lipinski definition) is 5. The third-order valence-electron chi connectivity index (χ3n) is 5.36. The van der Waals surface area contributed by atoms with E-state index in [4.69, 9.17) is 14.2 Å². The van der Waals surface area contributed by atoms with E-state index in [1.807, 2.05) is 36.4 Å². The number of carbonyl (C=O) groups excluding carboxylic acids is 1. The van der Waals surface area contributed by atoms with Crippen LogP contribution in [0.5, 0.6) is 11.5 Å². The first kappa shape index (κ1) is 19.7. The van der Waals surface area contributed by atoms with Crippen LogP contribution in [0.15, 0.2) is 48.5 Å². The van der Waals surface area contributed by atoms with E-state index < -0.39 is 0 Å². The summed E-state index contributed by atoms with van der Waals surface area (Å²) in [4.78, 5) is 14.6. The maximum absolute atomic E-state index is 12.4. The van der Waals surface area contributed by atoms with Crippen LogP contribution in [0, 0.1) is 5.92 Å². The molecule has 1 atom stereocenters. The van der Waals surface area contributed by atoms with Crippen LogP contribution >= 0.6 is 0 Å². The van der Waals surface area contributed by atoms with Crippen LogP contribution in [0.1, 0.15) is 24.0 Å². The topological polar surface area (TPSA) is 60.0 Å². The molecular weight excluding hydrogens is 368 g/mol. The molecule has 0 aromatic heterocycles. The first-order valence-electron chi connectivity index (χ1n) is 10.3. The van der Waals surface area contributed by atoms with Crippen LogP contribution in [0.3, 0.4) is 0 Å². The smallest absolute Gasteiger partial charge is 0.234 e. The van der Waals surface area contributed by atoms with Crippen molar-refractivity contribution in [1.29, 1.82) is 0 Å². The maximum atomic E-state index is 12.4. The predicted molar refractivity (Wildman–Crippen MR) is 110 cm³/mol. The number of likely N-dealkylation sites (tertiary alicyclic amines) is 1. The Kier molecular flexibility index (Phi) is 6.64. The minimum Gasteiger partial charge on any atom is -0.454 e. The van der Waals surface area contributed by atoms with Gasteiger partial charge in [-0.15, -0.1) is 0 Å². The van der Waals surface area contributed by atoms with Crippen LogP contribution in [0.25, 0.3) is 0 Å². The Bertz CT molecular complexity index is 812. The van der Waals surface area contributed by atoms with Gasteiger partial charge in [0.2, 0.25) is 12.7 Å². The molecule has 6 heteroatoms. The van der Waals surface area contributed by atoms with Crippen LogP contribution in [-0.4, -0.2) is 43.8 Å². The van der Waals surface area contributed by atoms with Gasteiger partial charge in [0.15, 0.2) is 11.5 Å². The molecular formula is C23H28N2O4. The molecule has 1 fully saturated rings. The maximum Gasteiger partial charge on any atom is 0.234 e. The second-order valence-corrected chi connectivity index (χ2v) is 7.71. The standard InChI is InChI=1S/C23H28N2O4/c26-23(24-12-19-8-9-21-22(11-19)29-17-28-21)14-25-10-4-7-20(13-25)16-27-15-18-5-2-1-3-6-18/h1-3,5-6,8-9,11,20H,4,7,10,12-17H2,(H,24,26). The monoisotopic (exact) mass is 396 g/mol. The number of piperidine rings is 1. The Labute approximate surface area is 171 Å². The quantitative estimate of drug-likeness (QED) is 0.743. The van der Waals surface area contributed by atoms with Gasteiger partial charge in [-0.1, -0.05) is 36.4 Å². The zero-order chi connectivity index (χ0) is 19.9. The van der Waals surface area contributed by atoms with E-state index in [2.05, 4.69) is 22.3 Å². The lowest BCUT2D eigenvalue weighted by atomic mass is 9.99. The van der Waals surface area contributed by atoms with Crippen molar-refractivity contribution in [3.05, 3.63) is 59.7 Å². The van der Waals surface area contributed by atoms with Crippen molar-refractivity contribution in [3.63, 3.8) is 0 Å². The number of amides is 1. The summed E-state index contributed by atoms with van der Waals surface area (Å²) in [5.74, 6) is 2.03. The van der Waals surface area contributed by atoms with E-state index in [1.54, 1.807) is 0 Å². The van der Waals surface area contributed by atoms with Crippen molar-refractivity contribution < 1.29 is 19.0 Å². The average molecular weight is 396 g/mol. The highest BCUT2D eigenvalue weighted by molar-refractivity contribution is 5.78. The predicted octanol–water partition coefficient (Wildman–Crippen LogP) is 2.96. The van der Waals surface area contributed by atoms with E-state index in [0.29, 0.717) is 25.6 Å². The molecule has 2 heterocycles. The summed E-state index contributed by atoms with van der Waals surface area (Å²) in [7, 11) is 0. The highest BCUT2D eigenvalue weighted by atomic mass is 16.7. The van der Waals surface area contributed by atoms with E-state index in [-0.39, 0.29) is 12.7 Å². The molecule has 1 unspecified atom stereocenters. The molecule has 2 aliphatic rings. The van der Waals surface area contributed by atoms with E-state index >= 15 is 0 Å². The van der Waals surface area contributed by atoms with Gasteiger partial charge in [-0.25, -0.2) is 0 Å².